The molecule has 0 aromatic heterocycles. The van der Waals surface area contributed by atoms with E-state index in [9.17, 15) is 4.79 Å². The van der Waals surface area contributed by atoms with E-state index in [-0.39, 0.29) is 5.78 Å². The second-order valence-corrected chi connectivity index (χ2v) is 7.18. The average molecular weight is 399 g/mol. The molecule has 0 saturated heterocycles. The van der Waals surface area contributed by atoms with Crippen LogP contribution in [0, 0.1) is 0 Å². The summed E-state index contributed by atoms with van der Waals surface area (Å²) in [7, 11) is 0. The molecule has 0 radical (unpaired) electrons. The molecule has 4 rings (SSSR count). The topological polar surface area (TPSA) is 35.5 Å². The minimum Gasteiger partial charge on any atom is -0.493 e. The highest BCUT2D eigenvalue weighted by Gasteiger charge is 2.19. The SMILES string of the molecule is CCOc1ccc2ccccc2c1-c1c(OCC)ccc2cc(C(=O)CC)ccc12. The van der Waals surface area contributed by atoms with Gasteiger partial charge in [-0.15, -0.1) is 0 Å². The molecular weight excluding hydrogens is 372 g/mol. The van der Waals surface area contributed by atoms with Crippen LogP contribution in [0.25, 0.3) is 32.7 Å². The molecule has 0 aliphatic carbocycles. The van der Waals surface area contributed by atoms with Crippen molar-refractivity contribution in [3.05, 3.63) is 72.3 Å². The Morgan fingerprint density at radius 3 is 1.93 bits per heavy atom. The van der Waals surface area contributed by atoms with Crippen LogP contribution in [0.5, 0.6) is 11.5 Å². The lowest BCUT2D eigenvalue weighted by atomic mass is 9.91. The first-order valence-corrected chi connectivity index (χ1v) is 10.6. The largest absolute Gasteiger partial charge is 0.493 e. The van der Waals surface area contributed by atoms with Gasteiger partial charge in [0.05, 0.1) is 13.2 Å². The summed E-state index contributed by atoms with van der Waals surface area (Å²) in [5, 5.41) is 4.33. The van der Waals surface area contributed by atoms with Gasteiger partial charge in [0.25, 0.3) is 0 Å². The Labute approximate surface area is 177 Å². The summed E-state index contributed by atoms with van der Waals surface area (Å²) in [4.78, 5) is 12.3. The number of ketones is 1. The maximum atomic E-state index is 12.3. The molecule has 0 unspecified atom stereocenters. The molecular formula is C27H26O3. The number of benzene rings is 4. The van der Waals surface area contributed by atoms with Crippen LogP contribution < -0.4 is 9.47 Å². The van der Waals surface area contributed by atoms with E-state index in [4.69, 9.17) is 9.47 Å². The van der Waals surface area contributed by atoms with Crippen molar-refractivity contribution in [2.75, 3.05) is 13.2 Å². The number of Topliss-reactive ketones (excluding diaryl/α,β-unsaturated/α-hetero) is 1. The number of carbonyl (C=O) groups is 1. The van der Waals surface area contributed by atoms with Gasteiger partial charge in [-0.3, -0.25) is 4.79 Å². The van der Waals surface area contributed by atoms with Gasteiger partial charge in [-0.1, -0.05) is 55.5 Å². The number of hydrogen-bond donors (Lipinski definition) is 0. The van der Waals surface area contributed by atoms with E-state index >= 15 is 0 Å². The van der Waals surface area contributed by atoms with E-state index in [1.54, 1.807) is 0 Å². The van der Waals surface area contributed by atoms with Gasteiger partial charge in [-0.05, 0) is 53.6 Å². The molecule has 0 fully saturated rings. The third kappa shape index (κ3) is 3.52. The molecule has 0 saturated carbocycles. The smallest absolute Gasteiger partial charge is 0.162 e. The predicted molar refractivity (Wildman–Crippen MR) is 124 cm³/mol. The van der Waals surface area contributed by atoms with Gasteiger partial charge < -0.3 is 9.47 Å². The summed E-state index contributed by atoms with van der Waals surface area (Å²) in [5.41, 5.74) is 2.77. The minimum absolute atomic E-state index is 0.146. The number of fused-ring (bicyclic) bond motifs is 2. The summed E-state index contributed by atoms with van der Waals surface area (Å²) in [5.74, 6) is 1.79. The summed E-state index contributed by atoms with van der Waals surface area (Å²) >= 11 is 0. The Kier molecular flexibility index (Phi) is 5.71. The monoisotopic (exact) mass is 398 g/mol. The molecule has 0 aliphatic heterocycles. The molecule has 152 valence electrons. The molecule has 0 N–H and O–H groups in total. The Hall–Kier alpha value is -3.33. The Balaban J connectivity index is 2.09. The normalized spacial score (nSPS) is 11.0. The first-order chi connectivity index (χ1) is 14.7. The zero-order chi connectivity index (χ0) is 21.1. The van der Waals surface area contributed by atoms with Crippen molar-refractivity contribution in [2.24, 2.45) is 0 Å². The Morgan fingerprint density at radius 2 is 1.30 bits per heavy atom. The van der Waals surface area contributed by atoms with E-state index in [0.29, 0.717) is 19.6 Å². The maximum Gasteiger partial charge on any atom is 0.162 e. The molecule has 30 heavy (non-hydrogen) atoms. The fraction of sp³-hybridized carbons (Fsp3) is 0.222. The van der Waals surface area contributed by atoms with E-state index < -0.39 is 0 Å². The quantitative estimate of drug-likeness (QED) is 0.313. The summed E-state index contributed by atoms with van der Waals surface area (Å²) in [6, 6.07) is 22.4. The standard InChI is InChI=1S/C27H26O3/c1-4-23(28)20-11-14-22-19(17-20)13-16-25(30-6-3)27(22)26-21-10-8-7-9-18(21)12-15-24(26)29-5-2/h7-17H,4-6H2,1-3H3. The minimum atomic E-state index is 0.146. The van der Waals surface area contributed by atoms with Crippen LogP contribution in [0.1, 0.15) is 37.6 Å². The first kappa shape index (κ1) is 20.0. The molecule has 4 aromatic rings. The van der Waals surface area contributed by atoms with Crippen molar-refractivity contribution < 1.29 is 14.3 Å². The van der Waals surface area contributed by atoms with Crippen LogP contribution in [-0.2, 0) is 0 Å². The Bertz CT molecular complexity index is 1220. The van der Waals surface area contributed by atoms with Crippen molar-refractivity contribution in [1.29, 1.82) is 0 Å². The van der Waals surface area contributed by atoms with E-state index in [2.05, 4.69) is 18.2 Å². The zero-order valence-electron chi connectivity index (χ0n) is 17.7. The van der Waals surface area contributed by atoms with Crippen LogP contribution in [-0.4, -0.2) is 19.0 Å². The second kappa shape index (κ2) is 8.58. The van der Waals surface area contributed by atoms with E-state index in [1.807, 2.05) is 69.3 Å². The van der Waals surface area contributed by atoms with Gasteiger partial charge in [0, 0.05) is 23.1 Å². The van der Waals surface area contributed by atoms with Crippen LogP contribution in [0.4, 0.5) is 0 Å². The summed E-state index contributed by atoms with van der Waals surface area (Å²) in [6.45, 7) is 7.02. The highest BCUT2D eigenvalue weighted by molar-refractivity contribution is 6.11. The number of rotatable bonds is 7. The van der Waals surface area contributed by atoms with Gasteiger partial charge in [-0.2, -0.15) is 0 Å². The lowest BCUT2D eigenvalue weighted by Crippen LogP contribution is -2.00. The predicted octanol–water partition coefficient (Wildman–Crippen LogP) is 7.05. The summed E-state index contributed by atoms with van der Waals surface area (Å²) < 4.78 is 12.1. The fourth-order valence-corrected chi connectivity index (χ4v) is 4.01. The molecule has 0 aliphatic rings. The van der Waals surface area contributed by atoms with Crippen molar-refractivity contribution in [2.45, 2.75) is 27.2 Å². The lowest BCUT2D eigenvalue weighted by molar-refractivity contribution is 0.0988. The van der Waals surface area contributed by atoms with Crippen LogP contribution in [0.3, 0.4) is 0 Å². The van der Waals surface area contributed by atoms with Gasteiger partial charge in [0.1, 0.15) is 11.5 Å². The van der Waals surface area contributed by atoms with Gasteiger partial charge in [0.15, 0.2) is 5.78 Å². The molecule has 4 aromatic carbocycles. The van der Waals surface area contributed by atoms with Crippen LogP contribution in [0.2, 0.25) is 0 Å². The fourth-order valence-electron chi connectivity index (χ4n) is 4.01. The molecule has 3 nitrogen and oxygen atoms in total. The molecule has 3 heteroatoms. The zero-order valence-corrected chi connectivity index (χ0v) is 17.7. The second-order valence-electron chi connectivity index (χ2n) is 7.18. The molecule has 0 spiro atoms. The maximum absolute atomic E-state index is 12.3. The van der Waals surface area contributed by atoms with Gasteiger partial charge in [-0.25, -0.2) is 0 Å². The third-order valence-corrected chi connectivity index (χ3v) is 5.37. The molecule has 0 atom stereocenters. The molecule has 0 amide bonds. The van der Waals surface area contributed by atoms with Crippen molar-refractivity contribution in [1.82, 2.24) is 0 Å². The van der Waals surface area contributed by atoms with Crippen molar-refractivity contribution in [3.8, 4) is 22.6 Å². The molecule has 0 bridgehead atoms. The Morgan fingerprint density at radius 1 is 0.700 bits per heavy atom. The first-order valence-electron chi connectivity index (χ1n) is 10.6. The van der Waals surface area contributed by atoms with E-state index in [1.165, 1.54) is 0 Å². The number of carbonyl (C=O) groups excluding carboxylic acids is 1. The highest BCUT2D eigenvalue weighted by Crippen LogP contribution is 2.45. The van der Waals surface area contributed by atoms with Crippen molar-refractivity contribution >= 4 is 27.3 Å². The third-order valence-electron chi connectivity index (χ3n) is 5.37. The average Bonchev–Trinajstić information content (AvgIpc) is 2.78. The van der Waals surface area contributed by atoms with Gasteiger partial charge in [0.2, 0.25) is 0 Å². The van der Waals surface area contributed by atoms with Gasteiger partial charge >= 0.3 is 0 Å². The number of hydrogen-bond acceptors (Lipinski definition) is 3. The van der Waals surface area contributed by atoms with E-state index in [0.717, 1.165) is 49.7 Å². The van der Waals surface area contributed by atoms with Crippen LogP contribution in [0.15, 0.2) is 66.7 Å². The summed E-state index contributed by atoms with van der Waals surface area (Å²) in [6.07, 6.45) is 0.493. The van der Waals surface area contributed by atoms with Crippen LogP contribution >= 0.6 is 0 Å². The van der Waals surface area contributed by atoms with Crippen molar-refractivity contribution in [3.63, 3.8) is 0 Å². The number of ether oxygens (including phenoxy) is 2. The molecule has 0 heterocycles. The highest BCUT2D eigenvalue weighted by atomic mass is 16.5. The lowest BCUT2D eigenvalue weighted by Gasteiger charge is -2.19.